The number of quaternary nitrogens is 1. The molecule has 0 aliphatic heterocycles. The highest BCUT2D eigenvalue weighted by atomic mass is 31.2. The van der Waals surface area contributed by atoms with Gasteiger partial charge in [0.15, 0.2) is 12.4 Å². The fourth-order valence-electron chi connectivity index (χ4n) is 3.18. The molecule has 196 valence electrons. The van der Waals surface area contributed by atoms with Crippen molar-refractivity contribution in [2.75, 3.05) is 47.5 Å². The minimum atomic E-state index is -4.30. The predicted octanol–water partition coefficient (Wildman–Crippen LogP) is 5.42. The van der Waals surface area contributed by atoms with Crippen LogP contribution in [0.3, 0.4) is 0 Å². The highest BCUT2D eigenvalue weighted by molar-refractivity contribution is 7.47. The molecule has 0 radical (unpaired) electrons. The Morgan fingerprint density at radius 3 is 1.73 bits per heavy atom. The van der Waals surface area contributed by atoms with Gasteiger partial charge >= 0.3 is 13.8 Å². The number of phosphoric ester groups is 1. The van der Waals surface area contributed by atoms with Crippen LogP contribution in [0.5, 0.6) is 0 Å². The van der Waals surface area contributed by atoms with Crippen molar-refractivity contribution in [3.63, 3.8) is 0 Å². The molecule has 1 N–H and O–H groups in total. The van der Waals surface area contributed by atoms with Crippen molar-refractivity contribution in [3.05, 3.63) is 0 Å². The molecule has 0 rings (SSSR count). The zero-order valence-corrected chi connectivity index (χ0v) is 22.4. The number of hydrogen-bond acceptors (Lipinski definition) is 6. The fourth-order valence-corrected chi connectivity index (χ4v) is 3.88. The maximum Gasteiger partial charge on any atom is 0.472 e. The van der Waals surface area contributed by atoms with Gasteiger partial charge in [0.1, 0.15) is 19.8 Å². The van der Waals surface area contributed by atoms with Gasteiger partial charge in [0.05, 0.1) is 21.1 Å². The topological polar surface area (TPSA) is 99.1 Å². The minimum Gasteiger partial charge on any atom is -0.458 e. The highest BCUT2D eigenvalue weighted by Gasteiger charge is 2.24. The van der Waals surface area contributed by atoms with E-state index in [0.717, 1.165) is 19.3 Å². The van der Waals surface area contributed by atoms with E-state index >= 15 is 0 Å². The van der Waals surface area contributed by atoms with Gasteiger partial charge in [-0.15, -0.1) is 0 Å². The first kappa shape index (κ1) is 32.2. The molecule has 0 spiro atoms. The van der Waals surface area contributed by atoms with Crippen LogP contribution < -0.4 is 0 Å². The number of nitrogens with zero attached hydrogens (tertiary/aromatic N) is 1. The van der Waals surface area contributed by atoms with Crippen LogP contribution in [-0.4, -0.2) is 68.6 Å². The standard InChI is InChI=1S/C24H48NO7P/c1-5-6-7-8-9-10-11-12-13-14-15-16-17-18-24(27)30-21-23(26)22-32-33(28,29)31-20-19-25(2,3)4/h5-22H2,1-4H3/p+1. The van der Waals surface area contributed by atoms with Crippen molar-refractivity contribution in [1.82, 2.24) is 0 Å². The van der Waals surface area contributed by atoms with E-state index in [1.54, 1.807) is 0 Å². The lowest BCUT2D eigenvalue weighted by atomic mass is 10.0. The number of carbonyl (C=O) groups excluding carboxylic acids is 2. The summed E-state index contributed by atoms with van der Waals surface area (Å²) in [6, 6.07) is 0. The van der Waals surface area contributed by atoms with Crippen LogP contribution >= 0.6 is 7.82 Å². The number of ketones is 1. The third kappa shape index (κ3) is 24.1. The Morgan fingerprint density at radius 1 is 0.758 bits per heavy atom. The van der Waals surface area contributed by atoms with E-state index in [-0.39, 0.29) is 13.0 Å². The van der Waals surface area contributed by atoms with Gasteiger partial charge in [-0.05, 0) is 6.42 Å². The maximum atomic E-state index is 11.7. The molecule has 0 fully saturated rings. The lowest BCUT2D eigenvalue weighted by Crippen LogP contribution is -2.37. The monoisotopic (exact) mass is 494 g/mol. The van der Waals surface area contributed by atoms with Gasteiger partial charge in [0.2, 0.25) is 0 Å². The Hall–Kier alpha value is -0.790. The molecule has 1 unspecified atom stereocenters. The molecule has 8 nitrogen and oxygen atoms in total. The number of phosphoric acid groups is 1. The largest absolute Gasteiger partial charge is 0.472 e. The van der Waals surface area contributed by atoms with E-state index in [4.69, 9.17) is 9.26 Å². The first-order chi connectivity index (χ1) is 15.6. The molecule has 33 heavy (non-hydrogen) atoms. The van der Waals surface area contributed by atoms with Gasteiger partial charge < -0.3 is 14.1 Å². The Labute approximate surface area is 201 Å². The van der Waals surface area contributed by atoms with E-state index < -0.39 is 32.8 Å². The van der Waals surface area contributed by atoms with Gasteiger partial charge in [0.25, 0.3) is 0 Å². The van der Waals surface area contributed by atoms with Crippen molar-refractivity contribution in [2.24, 2.45) is 0 Å². The molecule has 0 saturated heterocycles. The zero-order valence-electron chi connectivity index (χ0n) is 21.5. The van der Waals surface area contributed by atoms with Crippen LogP contribution in [0.15, 0.2) is 0 Å². The lowest BCUT2D eigenvalue weighted by molar-refractivity contribution is -0.870. The first-order valence-corrected chi connectivity index (χ1v) is 14.1. The van der Waals surface area contributed by atoms with E-state index in [1.165, 1.54) is 64.2 Å². The minimum absolute atomic E-state index is 0.0274. The fraction of sp³-hybridized carbons (Fsp3) is 0.917. The summed E-state index contributed by atoms with van der Waals surface area (Å²) in [5.41, 5.74) is 0. The van der Waals surface area contributed by atoms with Crippen molar-refractivity contribution in [1.29, 1.82) is 0 Å². The van der Waals surface area contributed by atoms with Crippen molar-refractivity contribution in [2.45, 2.75) is 96.8 Å². The van der Waals surface area contributed by atoms with E-state index in [9.17, 15) is 19.0 Å². The average molecular weight is 495 g/mol. The summed E-state index contributed by atoms with van der Waals surface area (Å²) < 4.78 is 26.7. The molecule has 0 aliphatic rings. The Morgan fingerprint density at radius 2 is 1.24 bits per heavy atom. The van der Waals surface area contributed by atoms with E-state index in [0.29, 0.717) is 11.0 Å². The number of rotatable bonds is 23. The normalized spacial score (nSPS) is 13.6. The van der Waals surface area contributed by atoms with Crippen LogP contribution in [-0.2, 0) is 27.9 Å². The number of likely N-dealkylation sites (N-methyl/N-ethyl adjacent to an activating group) is 1. The van der Waals surface area contributed by atoms with Crippen LogP contribution in [0.2, 0.25) is 0 Å². The summed E-state index contributed by atoms with van der Waals surface area (Å²) in [5.74, 6) is -1.02. The number of carbonyl (C=O) groups is 2. The Kier molecular flexibility index (Phi) is 19.0. The summed E-state index contributed by atoms with van der Waals surface area (Å²) in [6.07, 6.45) is 16.3. The summed E-state index contributed by atoms with van der Waals surface area (Å²) in [6.45, 7) is 1.68. The molecular weight excluding hydrogens is 445 g/mol. The molecule has 0 saturated carbocycles. The van der Waals surface area contributed by atoms with Gasteiger partial charge in [-0.1, -0.05) is 84.0 Å². The summed E-state index contributed by atoms with van der Waals surface area (Å²) in [4.78, 5) is 33.0. The van der Waals surface area contributed by atoms with Crippen LogP contribution in [0.25, 0.3) is 0 Å². The smallest absolute Gasteiger partial charge is 0.458 e. The highest BCUT2D eigenvalue weighted by Crippen LogP contribution is 2.42. The molecule has 0 aromatic carbocycles. The molecular formula is C24H49NO7P+. The lowest BCUT2D eigenvalue weighted by Gasteiger charge is -2.23. The molecule has 9 heteroatoms. The van der Waals surface area contributed by atoms with E-state index in [1.807, 2.05) is 21.1 Å². The third-order valence-corrected chi connectivity index (χ3v) is 6.25. The van der Waals surface area contributed by atoms with Crippen LogP contribution in [0, 0.1) is 0 Å². The van der Waals surface area contributed by atoms with Gasteiger partial charge in [0, 0.05) is 6.42 Å². The molecule has 0 aromatic heterocycles. The second-order valence-corrected chi connectivity index (χ2v) is 11.2. The molecule has 0 heterocycles. The first-order valence-electron chi connectivity index (χ1n) is 12.7. The second kappa shape index (κ2) is 19.5. The molecule has 0 amide bonds. The van der Waals surface area contributed by atoms with Gasteiger partial charge in [-0.25, -0.2) is 4.57 Å². The maximum absolute atomic E-state index is 11.7. The number of esters is 1. The molecule has 0 bridgehead atoms. The second-order valence-electron chi connectivity index (χ2n) is 9.78. The zero-order chi connectivity index (χ0) is 25.0. The summed E-state index contributed by atoms with van der Waals surface area (Å²) in [5, 5.41) is 0. The number of unbranched alkanes of at least 4 members (excludes halogenated alkanes) is 12. The quantitative estimate of drug-likeness (QED) is 0.0876. The average Bonchev–Trinajstić information content (AvgIpc) is 2.73. The van der Waals surface area contributed by atoms with E-state index in [2.05, 4.69) is 11.4 Å². The van der Waals surface area contributed by atoms with Crippen molar-refractivity contribution >= 4 is 19.6 Å². The van der Waals surface area contributed by atoms with Crippen LogP contribution in [0.4, 0.5) is 0 Å². The summed E-state index contributed by atoms with van der Waals surface area (Å²) in [7, 11) is 1.46. The predicted molar refractivity (Wildman–Crippen MR) is 131 cm³/mol. The number of ether oxygens (including phenoxy) is 1. The Balaban J connectivity index is 3.58. The third-order valence-electron chi connectivity index (χ3n) is 5.28. The van der Waals surface area contributed by atoms with Gasteiger partial charge in [-0.3, -0.25) is 18.6 Å². The van der Waals surface area contributed by atoms with Crippen molar-refractivity contribution < 1.29 is 37.3 Å². The molecule has 0 aromatic rings. The van der Waals surface area contributed by atoms with Crippen LogP contribution in [0.1, 0.15) is 96.8 Å². The number of Topliss-reactive ketones (excluding diaryl/α,β-unsaturated/α-hetero) is 1. The van der Waals surface area contributed by atoms with Crippen molar-refractivity contribution in [3.8, 4) is 0 Å². The SMILES string of the molecule is CCCCCCCCCCCCCCCC(=O)OCC(=O)COP(=O)(O)OCC[N+](C)(C)C. The molecule has 1 atom stereocenters. The number of hydrogen-bond donors (Lipinski definition) is 1. The van der Waals surface area contributed by atoms with Gasteiger partial charge in [-0.2, -0.15) is 0 Å². The Bertz CT molecular complexity index is 564. The summed E-state index contributed by atoms with van der Waals surface area (Å²) >= 11 is 0. The molecule has 0 aliphatic carbocycles.